The minimum atomic E-state index is 0.810. The second-order valence-corrected chi connectivity index (χ2v) is 8.72. The number of rotatable bonds is 2. The highest BCUT2D eigenvalue weighted by atomic mass is 14.9. The molecule has 0 atom stereocenters. The van der Waals surface area contributed by atoms with Crippen molar-refractivity contribution >= 4 is 16.8 Å². The van der Waals surface area contributed by atoms with Crippen molar-refractivity contribution < 1.29 is 0 Å². The summed E-state index contributed by atoms with van der Waals surface area (Å²) >= 11 is 0. The lowest BCUT2D eigenvalue weighted by molar-refractivity contribution is 0.888. The van der Waals surface area contributed by atoms with Crippen molar-refractivity contribution in [3.63, 3.8) is 0 Å². The lowest BCUT2D eigenvalue weighted by atomic mass is 9.74. The van der Waals surface area contributed by atoms with Crippen molar-refractivity contribution in [3.8, 4) is 11.1 Å². The quantitative estimate of drug-likeness (QED) is 0.473. The molecule has 3 N–H and O–H groups in total. The molecule has 2 heteroatoms. The third-order valence-electron chi connectivity index (χ3n) is 6.90. The summed E-state index contributed by atoms with van der Waals surface area (Å²) in [6.07, 6.45) is 14.7. The van der Waals surface area contributed by atoms with Gasteiger partial charge in [0.05, 0.1) is 0 Å². The number of benzene rings is 3. The summed E-state index contributed by atoms with van der Waals surface area (Å²) < 4.78 is 0. The normalized spacial score (nSPS) is 16.4. The monoisotopic (exact) mass is 414 g/mol. The van der Waals surface area contributed by atoms with Gasteiger partial charge in [0, 0.05) is 23.2 Å². The molecule has 0 bridgehead atoms. The average molecular weight is 415 g/mol. The molecular weight excluding hydrogens is 388 g/mol. The Labute approximate surface area is 189 Å². The number of hydrogen-bond acceptors (Lipinski definition) is 2. The topological polar surface area (TPSA) is 38.0 Å². The van der Waals surface area contributed by atoms with Gasteiger partial charge in [0.25, 0.3) is 0 Å². The van der Waals surface area contributed by atoms with Crippen LogP contribution in [0.25, 0.3) is 22.3 Å². The Morgan fingerprint density at radius 1 is 0.688 bits per heavy atom. The van der Waals surface area contributed by atoms with Gasteiger partial charge in [0.1, 0.15) is 0 Å². The first-order valence-electron chi connectivity index (χ1n) is 11.4. The predicted octanol–water partition coefficient (Wildman–Crippen LogP) is 6.45. The van der Waals surface area contributed by atoms with Gasteiger partial charge < -0.3 is 11.1 Å². The molecule has 6 rings (SSSR count). The van der Waals surface area contributed by atoms with E-state index in [0.717, 1.165) is 37.1 Å². The van der Waals surface area contributed by atoms with Crippen LogP contribution in [0, 0.1) is 0 Å². The highest BCUT2D eigenvalue weighted by Crippen LogP contribution is 2.45. The Kier molecular flexibility index (Phi) is 4.57. The fourth-order valence-corrected chi connectivity index (χ4v) is 5.48. The van der Waals surface area contributed by atoms with Crippen LogP contribution in [0.5, 0.6) is 0 Å². The zero-order valence-corrected chi connectivity index (χ0v) is 18.1. The number of nitrogen functional groups attached to an aromatic ring is 1. The third-order valence-corrected chi connectivity index (χ3v) is 6.90. The molecule has 1 aliphatic heterocycles. The first kappa shape index (κ1) is 18.9. The lowest BCUT2D eigenvalue weighted by Crippen LogP contribution is -2.17. The van der Waals surface area contributed by atoms with E-state index in [9.17, 15) is 0 Å². The molecule has 3 aromatic carbocycles. The maximum Gasteiger partial charge on any atom is 0.0462 e. The number of fused-ring (bicyclic) bond motifs is 5. The summed E-state index contributed by atoms with van der Waals surface area (Å²) in [4.78, 5) is 0. The molecule has 3 aliphatic rings. The zero-order chi connectivity index (χ0) is 21.5. The van der Waals surface area contributed by atoms with E-state index in [-0.39, 0.29) is 0 Å². The van der Waals surface area contributed by atoms with Gasteiger partial charge in [-0.3, -0.25) is 0 Å². The highest BCUT2D eigenvalue weighted by Gasteiger charge is 2.28. The van der Waals surface area contributed by atoms with E-state index in [4.69, 9.17) is 5.73 Å². The molecule has 2 aliphatic carbocycles. The van der Waals surface area contributed by atoms with Gasteiger partial charge in [-0.2, -0.15) is 0 Å². The van der Waals surface area contributed by atoms with Crippen LogP contribution in [0.1, 0.15) is 34.2 Å². The van der Waals surface area contributed by atoms with E-state index in [2.05, 4.69) is 78.1 Å². The molecule has 0 saturated heterocycles. The second-order valence-electron chi connectivity index (χ2n) is 8.72. The minimum Gasteiger partial charge on any atom is -0.399 e. The fraction of sp³-hybridized carbons (Fsp3) is 0.133. The number of hydrogen-bond donors (Lipinski definition) is 2. The van der Waals surface area contributed by atoms with Crippen LogP contribution in [-0.4, -0.2) is 0 Å². The molecule has 0 fully saturated rings. The number of nitrogens with two attached hydrogens (primary N) is 1. The van der Waals surface area contributed by atoms with E-state index >= 15 is 0 Å². The van der Waals surface area contributed by atoms with Gasteiger partial charge in [-0.05, 0) is 94.5 Å². The van der Waals surface area contributed by atoms with E-state index < -0.39 is 0 Å². The van der Waals surface area contributed by atoms with Crippen LogP contribution < -0.4 is 11.1 Å². The Balaban J connectivity index is 1.59. The molecule has 3 aromatic rings. The minimum absolute atomic E-state index is 0.810. The van der Waals surface area contributed by atoms with Crippen molar-refractivity contribution in [1.82, 2.24) is 5.32 Å². The van der Waals surface area contributed by atoms with E-state index in [0.29, 0.717) is 0 Å². The summed E-state index contributed by atoms with van der Waals surface area (Å²) in [5.41, 5.74) is 20.7. The summed E-state index contributed by atoms with van der Waals surface area (Å²) in [5.74, 6) is 0. The molecule has 2 nitrogen and oxygen atoms in total. The third kappa shape index (κ3) is 3.11. The molecule has 156 valence electrons. The highest BCUT2D eigenvalue weighted by molar-refractivity contribution is 6.01. The van der Waals surface area contributed by atoms with Crippen molar-refractivity contribution in [2.75, 3.05) is 5.73 Å². The van der Waals surface area contributed by atoms with Gasteiger partial charge in [-0.25, -0.2) is 0 Å². The van der Waals surface area contributed by atoms with Gasteiger partial charge in [-0.1, -0.05) is 60.7 Å². The smallest absolute Gasteiger partial charge is 0.0462 e. The van der Waals surface area contributed by atoms with Crippen molar-refractivity contribution in [2.24, 2.45) is 0 Å². The zero-order valence-electron chi connectivity index (χ0n) is 18.1. The maximum absolute atomic E-state index is 6.17. The first-order chi connectivity index (χ1) is 15.8. The largest absolute Gasteiger partial charge is 0.399 e. The SMILES string of the molecule is Nc1cccc(C2=C(C3=CC=CC=CN3)c3ccc4c(c3CC2)CCc2ccccc2-4)c1. The van der Waals surface area contributed by atoms with Crippen LogP contribution in [-0.2, 0) is 19.3 Å². The summed E-state index contributed by atoms with van der Waals surface area (Å²) in [6.45, 7) is 0. The standard InChI is InChI=1S/C30H26N2/c31-22-9-6-8-21(19-22)24-14-15-27-26-13-12-20-7-3-4-10-23(20)25(26)16-17-28(27)30(24)29-11-2-1-5-18-32-29/h1-11,16-19,32H,12-15,31H2. The van der Waals surface area contributed by atoms with Crippen LogP contribution >= 0.6 is 0 Å². The van der Waals surface area contributed by atoms with E-state index in [1.54, 1.807) is 0 Å². The first-order valence-corrected chi connectivity index (χ1v) is 11.4. The Morgan fingerprint density at radius 3 is 2.47 bits per heavy atom. The average Bonchev–Trinajstić information content (AvgIpc) is 3.12. The van der Waals surface area contributed by atoms with Gasteiger partial charge in [0.15, 0.2) is 0 Å². The molecular formula is C30H26N2. The Morgan fingerprint density at radius 2 is 1.53 bits per heavy atom. The summed E-state index contributed by atoms with van der Waals surface area (Å²) in [7, 11) is 0. The van der Waals surface area contributed by atoms with Crippen molar-refractivity contribution in [1.29, 1.82) is 0 Å². The number of nitrogens with one attached hydrogen (secondary N) is 1. The molecule has 0 radical (unpaired) electrons. The van der Waals surface area contributed by atoms with Crippen LogP contribution in [0.2, 0.25) is 0 Å². The molecule has 32 heavy (non-hydrogen) atoms. The van der Waals surface area contributed by atoms with Gasteiger partial charge >= 0.3 is 0 Å². The number of anilines is 1. The fourth-order valence-electron chi connectivity index (χ4n) is 5.48. The summed E-state index contributed by atoms with van der Waals surface area (Å²) in [5, 5.41) is 3.53. The molecule has 0 unspecified atom stereocenters. The Hall–Kier alpha value is -3.78. The van der Waals surface area contributed by atoms with Gasteiger partial charge in [-0.15, -0.1) is 0 Å². The van der Waals surface area contributed by atoms with E-state index in [1.807, 2.05) is 18.3 Å². The lowest BCUT2D eigenvalue weighted by Gasteiger charge is -2.31. The maximum atomic E-state index is 6.17. The van der Waals surface area contributed by atoms with Crippen LogP contribution in [0.3, 0.4) is 0 Å². The summed E-state index contributed by atoms with van der Waals surface area (Å²) in [6, 6.07) is 21.9. The molecule has 0 aromatic heterocycles. The number of allylic oxidation sites excluding steroid dienone is 6. The molecule has 1 heterocycles. The molecule has 0 amide bonds. The predicted molar refractivity (Wildman–Crippen MR) is 135 cm³/mol. The number of aryl methyl sites for hydroxylation is 1. The van der Waals surface area contributed by atoms with Crippen molar-refractivity contribution in [3.05, 3.63) is 125 Å². The van der Waals surface area contributed by atoms with E-state index in [1.165, 1.54) is 50.1 Å². The van der Waals surface area contributed by atoms with Crippen LogP contribution in [0.15, 0.2) is 96.9 Å². The molecule has 0 spiro atoms. The van der Waals surface area contributed by atoms with Crippen molar-refractivity contribution in [2.45, 2.75) is 25.7 Å². The van der Waals surface area contributed by atoms with Crippen LogP contribution in [0.4, 0.5) is 5.69 Å². The Bertz CT molecular complexity index is 1350. The second kappa shape index (κ2) is 7.72. The molecule has 0 saturated carbocycles. The van der Waals surface area contributed by atoms with Gasteiger partial charge in [0.2, 0.25) is 0 Å².